The van der Waals surface area contributed by atoms with Gasteiger partial charge in [-0.05, 0) is 54.8 Å². The Hall–Kier alpha value is -3.33. The normalized spacial score (nSPS) is 21.1. The average molecular weight is 425 g/mol. The van der Waals surface area contributed by atoms with Gasteiger partial charge in [-0.25, -0.2) is 9.18 Å². The number of fused-ring (bicyclic) bond motifs is 1. The lowest BCUT2D eigenvalue weighted by Crippen LogP contribution is -2.70. The summed E-state index contributed by atoms with van der Waals surface area (Å²) in [6.07, 6.45) is 4.69. The molecule has 1 aromatic heterocycles. The molecule has 4 rings (SSSR count). The number of halogens is 1. The number of urea groups is 1. The Labute approximate surface area is 179 Å². The molecule has 0 bridgehead atoms. The summed E-state index contributed by atoms with van der Waals surface area (Å²) in [4.78, 5) is 45.5. The van der Waals surface area contributed by atoms with E-state index in [2.05, 4.69) is 15.6 Å². The fraction of sp³-hybridized carbons (Fsp3) is 0.364. The summed E-state index contributed by atoms with van der Waals surface area (Å²) in [6, 6.07) is 7.99. The SMILES string of the molecule is O=C(CN1C(=O)N(Cc2ccncc2)C(=O)C2NCCCC21)NCc1ccc(F)cc1. The third kappa shape index (κ3) is 4.72. The van der Waals surface area contributed by atoms with Gasteiger partial charge in [0.15, 0.2) is 0 Å². The van der Waals surface area contributed by atoms with Crippen molar-refractivity contribution in [3.8, 4) is 0 Å². The lowest BCUT2D eigenvalue weighted by atomic mass is 9.93. The molecule has 0 radical (unpaired) electrons. The number of aromatic nitrogens is 1. The van der Waals surface area contributed by atoms with E-state index >= 15 is 0 Å². The van der Waals surface area contributed by atoms with Crippen LogP contribution in [0.3, 0.4) is 0 Å². The average Bonchev–Trinajstić information content (AvgIpc) is 2.80. The van der Waals surface area contributed by atoms with Gasteiger partial charge in [-0.1, -0.05) is 12.1 Å². The van der Waals surface area contributed by atoms with Gasteiger partial charge in [-0.3, -0.25) is 19.5 Å². The van der Waals surface area contributed by atoms with Crippen molar-refractivity contribution in [1.29, 1.82) is 0 Å². The number of piperidine rings is 1. The first-order valence-electron chi connectivity index (χ1n) is 10.3. The Morgan fingerprint density at radius 3 is 2.61 bits per heavy atom. The number of rotatable bonds is 6. The van der Waals surface area contributed by atoms with E-state index in [9.17, 15) is 18.8 Å². The molecule has 2 aliphatic rings. The van der Waals surface area contributed by atoms with Crippen LogP contribution in [0.25, 0.3) is 0 Å². The standard InChI is InChI=1S/C22H24FN5O3/c23-17-5-3-15(4-6-17)12-26-19(29)14-27-18-2-1-9-25-20(18)21(30)28(22(27)31)13-16-7-10-24-11-8-16/h3-8,10-11,18,20,25H,1-2,9,12-14H2,(H,26,29). The maximum absolute atomic E-state index is 13.2. The molecule has 2 atom stereocenters. The molecule has 2 saturated heterocycles. The van der Waals surface area contributed by atoms with Crippen molar-refractivity contribution in [2.75, 3.05) is 13.1 Å². The molecule has 3 heterocycles. The van der Waals surface area contributed by atoms with Crippen LogP contribution in [-0.2, 0) is 22.7 Å². The van der Waals surface area contributed by atoms with E-state index in [4.69, 9.17) is 0 Å². The number of hydrogen-bond donors (Lipinski definition) is 2. The van der Waals surface area contributed by atoms with E-state index in [0.29, 0.717) is 13.0 Å². The van der Waals surface area contributed by atoms with Gasteiger partial charge < -0.3 is 15.5 Å². The summed E-state index contributed by atoms with van der Waals surface area (Å²) in [5, 5.41) is 5.98. The summed E-state index contributed by atoms with van der Waals surface area (Å²) >= 11 is 0. The van der Waals surface area contributed by atoms with E-state index in [1.54, 1.807) is 36.7 Å². The molecule has 2 aliphatic heterocycles. The lowest BCUT2D eigenvalue weighted by Gasteiger charge is -2.46. The van der Waals surface area contributed by atoms with Gasteiger partial charge in [-0.2, -0.15) is 0 Å². The van der Waals surface area contributed by atoms with E-state index < -0.39 is 12.1 Å². The van der Waals surface area contributed by atoms with Gasteiger partial charge in [0, 0.05) is 18.9 Å². The minimum absolute atomic E-state index is 0.124. The molecule has 9 heteroatoms. The number of pyridine rings is 1. The van der Waals surface area contributed by atoms with Crippen LogP contribution < -0.4 is 10.6 Å². The number of carbonyl (C=O) groups excluding carboxylic acids is 3. The van der Waals surface area contributed by atoms with Crippen molar-refractivity contribution >= 4 is 17.8 Å². The molecule has 0 aliphatic carbocycles. The maximum Gasteiger partial charge on any atom is 0.327 e. The Bertz CT molecular complexity index is 953. The van der Waals surface area contributed by atoms with Crippen molar-refractivity contribution < 1.29 is 18.8 Å². The molecule has 162 valence electrons. The highest BCUT2D eigenvalue weighted by molar-refractivity contribution is 6.01. The Morgan fingerprint density at radius 1 is 1.13 bits per heavy atom. The monoisotopic (exact) mass is 425 g/mol. The van der Waals surface area contributed by atoms with E-state index in [0.717, 1.165) is 17.5 Å². The van der Waals surface area contributed by atoms with Crippen LogP contribution in [0.1, 0.15) is 24.0 Å². The summed E-state index contributed by atoms with van der Waals surface area (Å²) in [5.41, 5.74) is 1.54. The number of imide groups is 1. The number of benzene rings is 1. The van der Waals surface area contributed by atoms with Crippen LogP contribution in [0.2, 0.25) is 0 Å². The lowest BCUT2D eigenvalue weighted by molar-refractivity contribution is -0.139. The molecule has 2 aromatic rings. The quantitative estimate of drug-likeness (QED) is 0.730. The minimum Gasteiger partial charge on any atom is -0.350 e. The zero-order valence-electron chi connectivity index (χ0n) is 17.0. The van der Waals surface area contributed by atoms with Crippen molar-refractivity contribution in [3.05, 3.63) is 65.7 Å². The third-order valence-corrected chi connectivity index (χ3v) is 5.64. The third-order valence-electron chi connectivity index (χ3n) is 5.64. The Kier molecular flexibility index (Phi) is 6.22. The minimum atomic E-state index is -0.529. The molecule has 0 spiro atoms. The Balaban J connectivity index is 1.47. The highest BCUT2D eigenvalue weighted by Gasteiger charge is 2.47. The molecule has 0 saturated carbocycles. The number of nitrogens with one attached hydrogen (secondary N) is 2. The summed E-state index contributed by atoms with van der Waals surface area (Å²) in [6.45, 7) is 0.893. The smallest absolute Gasteiger partial charge is 0.327 e. The number of nitrogens with zero attached hydrogens (tertiary/aromatic N) is 3. The molecule has 1 aromatic carbocycles. The first kappa shape index (κ1) is 20.9. The van der Waals surface area contributed by atoms with Crippen molar-refractivity contribution in [1.82, 2.24) is 25.4 Å². The second kappa shape index (κ2) is 9.22. The zero-order chi connectivity index (χ0) is 21.8. The van der Waals surface area contributed by atoms with Gasteiger partial charge in [0.05, 0.1) is 12.6 Å². The molecule has 31 heavy (non-hydrogen) atoms. The number of amides is 4. The van der Waals surface area contributed by atoms with Gasteiger partial charge in [0.2, 0.25) is 11.8 Å². The fourth-order valence-corrected chi connectivity index (χ4v) is 4.03. The first-order chi connectivity index (χ1) is 15.0. The number of hydrogen-bond acceptors (Lipinski definition) is 5. The zero-order valence-corrected chi connectivity index (χ0v) is 17.0. The topological polar surface area (TPSA) is 94.6 Å². The van der Waals surface area contributed by atoms with E-state index in [1.807, 2.05) is 0 Å². The van der Waals surface area contributed by atoms with E-state index in [-0.39, 0.29) is 43.3 Å². The van der Waals surface area contributed by atoms with Gasteiger partial charge >= 0.3 is 6.03 Å². The molecule has 2 fully saturated rings. The van der Waals surface area contributed by atoms with Crippen LogP contribution in [0.5, 0.6) is 0 Å². The van der Waals surface area contributed by atoms with Crippen molar-refractivity contribution in [3.63, 3.8) is 0 Å². The van der Waals surface area contributed by atoms with Crippen molar-refractivity contribution in [2.24, 2.45) is 0 Å². The molecular weight excluding hydrogens is 401 g/mol. The molecular formula is C22H24FN5O3. The van der Waals surface area contributed by atoms with Crippen LogP contribution in [-0.4, -0.2) is 57.8 Å². The first-order valence-corrected chi connectivity index (χ1v) is 10.3. The van der Waals surface area contributed by atoms with Crippen LogP contribution in [0, 0.1) is 5.82 Å². The highest BCUT2D eigenvalue weighted by atomic mass is 19.1. The summed E-state index contributed by atoms with van der Waals surface area (Å²) < 4.78 is 13.0. The predicted octanol–water partition coefficient (Wildman–Crippen LogP) is 1.42. The second-order valence-electron chi connectivity index (χ2n) is 7.73. The predicted molar refractivity (Wildman–Crippen MR) is 110 cm³/mol. The van der Waals surface area contributed by atoms with Crippen LogP contribution >= 0.6 is 0 Å². The highest BCUT2D eigenvalue weighted by Crippen LogP contribution is 2.25. The summed E-state index contributed by atoms with van der Waals surface area (Å²) in [7, 11) is 0. The van der Waals surface area contributed by atoms with Gasteiger partial charge in [-0.15, -0.1) is 0 Å². The van der Waals surface area contributed by atoms with Gasteiger partial charge in [0.1, 0.15) is 18.4 Å². The van der Waals surface area contributed by atoms with Gasteiger partial charge in [0.25, 0.3) is 0 Å². The largest absolute Gasteiger partial charge is 0.350 e. The molecule has 2 unspecified atom stereocenters. The van der Waals surface area contributed by atoms with Crippen LogP contribution in [0.15, 0.2) is 48.8 Å². The Morgan fingerprint density at radius 2 is 1.87 bits per heavy atom. The van der Waals surface area contributed by atoms with Crippen LogP contribution in [0.4, 0.5) is 9.18 Å². The van der Waals surface area contributed by atoms with E-state index in [1.165, 1.54) is 21.9 Å². The maximum atomic E-state index is 13.2. The second-order valence-corrected chi connectivity index (χ2v) is 7.73. The molecule has 4 amide bonds. The molecule has 2 N–H and O–H groups in total. The molecule has 8 nitrogen and oxygen atoms in total. The van der Waals surface area contributed by atoms with Crippen molar-refractivity contribution in [2.45, 2.75) is 38.0 Å². The summed E-state index contributed by atoms with van der Waals surface area (Å²) in [5.74, 6) is -0.946. The number of carbonyl (C=O) groups is 3. The fourth-order valence-electron chi connectivity index (χ4n) is 4.03.